The fourth-order valence-corrected chi connectivity index (χ4v) is 2.46. The molecule has 0 unspecified atom stereocenters. The van der Waals surface area contributed by atoms with Gasteiger partial charge in [0.2, 0.25) is 5.95 Å². The maximum Gasteiger partial charge on any atom is 0.227 e. The number of rotatable bonds is 3. The number of aromatic nitrogens is 2. The molecule has 1 fully saturated rings. The number of hydrogen-bond acceptors (Lipinski definition) is 4. The van der Waals surface area contributed by atoms with Crippen LogP contribution in [0.3, 0.4) is 0 Å². The van der Waals surface area contributed by atoms with Crippen LogP contribution in [-0.2, 0) is 0 Å². The van der Waals surface area contributed by atoms with Crippen molar-refractivity contribution >= 4 is 11.8 Å². The molecular formula is C12H20N4. The number of nitrogens with zero attached hydrogens (tertiary/aromatic N) is 3. The van der Waals surface area contributed by atoms with Crippen molar-refractivity contribution in [3.63, 3.8) is 0 Å². The summed E-state index contributed by atoms with van der Waals surface area (Å²) < 4.78 is 0. The van der Waals surface area contributed by atoms with Crippen molar-refractivity contribution in [1.29, 1.82) is 0 Å². The van der Waals surface area contributed by atoms with Crippen molar-refractivity contribution in [2.24, 2.45) is 0 Å². The Hall–Kier alpha value is -1.32. The average molecular weight is 220 g/mol. The number of nitrogen functional groups attached to an aromatic ring is 1. The van der Waals surface area contributed by atoms with Crippen LogP contribution in [0, 0.1) is 0 Å². The molecule has 0 aromatic carbocycles. The van der Waals surface area contributed by atoms with E-state index in [1.807, 2.05) is 0 Å². The molecule has 2 rings (SSSR count). The first-order valence-corrected chi connectivity index (χ1v) is 6.16. The summed E-state index contributed by atoms with van der Waals surface area (Å²) in [7, 11) is 0. The van der Waals surface area contributed by atoms with Gasteiger partial charge in [0.25, 0.3) is 0 Å². The Kier molecular flexibility index (Phi) is 3.59. The molecule has 1 saturated carbocycles. The lowest BCUT2D eigenvalue weighted by Gasteiger charge is -2.33. The van der Waals surface area contributed by atoms with E-state index in [1.165, 1.54) is 32.1 Å². The molecule has 0 radical (unpaired) electrons. The van der Waals surface area contributed by atoms with Crippen molar-refractivity contribution < 1.29 is 0 Å². The third-order valence-corrected chi connectivity index (χ3v) is 3.28. The summed E-state index contributed by atoms with van der Waals surface area (Å²) in [5.41, 5.74) is 5.70. The lowest BCUT2D eigenvalue weighted by molar-refractivity contribution is 0.414. The molecule has 1 aliphatic rings. The first-order chi connectivity index (χ1) is 7.81. The highest BCUT2D eigenvalue weighted by Gasteiger charge is 2.21. The zero-order chi connectivity index (χ0) is 11.4. The molecule has 88 valence electrons. The topological polar surface area (TPSA) is 55.0 Å². The second-order valence-corrected chi connectivity index (χ2v) is 4.36. The fraction of sp³-hybridized carbons (Fsp3) is 0.667. The van der Waals surface area contributed by atoms with Gasteiger partial charge in [-0.15, -0.1) is 0 Å². The third kappa shape index (κ3) is 2.43. The minimum absolute atomic E-state index is 0.555. The Morgan fingerprint density at radius 2 is 2.12 bits per heavy atom. The van der Waals surface area contributed by atoms with E-state index >= 15 is 0 Å². The third-order valence-electron chi connectivity index (χ3n) is 3.28. The summed E-state index contributed by atoms with van der Waals surface area (Å²) in [6.45, 7) is 3.11. The van der Waals surface area contributed by atoms with Crippen molar-refractivity contribution in [2.45, 2.75) is 45.1 Å². The van der Waals surface area contributed by atoms with Crippen LogP contribution >= 0.6 is 0 Å². The van der Waals surface area contributed by atoms with E-state index in [1.54, 1.807) is 12.3 Å². The number of nitrogens with two attached hydrogens (primary N) is 1. The van der Waals surface area contributed by atoms with Gasteiger partial charge in [-0.3, -0.25) is 0 Å². The molecule has 1 aromatic heterocycles. The lowest BCUT2D eigenvalue weighted by Crippen LogP contribution is -2.37. The van der Waals surface area contributed by atoms with E-state index in [-0.39, 0.29) is 0 Å². The summed E-state index contributed by atoms with van der Waals surface area (Å²) in [5, 5.41) is 0. The van der Waals surface area contributed by atoms with E-state index < -0.39 is 0 Å². The normalized spacial score (nSPS) is 17.3. The molecule has 0 atom stereocenters. The SMILES string of the molecule is CCN(c1nccc(N)n1)C1CCCCC1. The summed E-state index contributed by atoms with van der Waals surface area (Å²) >= 11 is 0. The molecule has 0 spiro atoms. The van der Waals surface area contributed by atoms with Gasteiger partial charge in [-0.25, -0.2) is 4.98 Å². The van der Waals surface area contributed by atoms with E-state index in [0.29, 0.717) is 11.9 Å². The van der Waals surface area contributed by atoms with Gasteiger partial charge in [0.1, 0.15) is 5.82 Å². The summed E-state index contributed by atoms with van der Waals surface area (Å²) in [6.07, 6.45) is 8.26. The van der Waals surface area contributed by atoms with Crippen LogP contribution in [0.1, 0.15) is 39.0 Å². The molecule has 4 heteroatoms. The zero-order valence-corrected chi connectivity index (χ0v) is 9.89. The van der Waals surface area contributed by atoms with Gasteiger partial charge >= 0.3 is 0 Å². The van der Waals surface area contributed by atoms with Gasteiger partial charge < -0.3 is 10.6 Å². The molecular weight excluding hydrogens is 200 g/mol. The molecule has 0 aliphatic heterocycles. The Labute approximate surface area is 96.9 Å². The van der Waals surface area contributed by atoms with Crippen LogP contribution in [0.5, 0.6) is 0 Å². The van der Waals surface area contributed by atoms with E-state index in [2.05, 4.69) is 21.8 Å². The molecule has 4 nitrogen and oxygen atoms in total. The highest BCUT2D eigenvalue weighted by Crippen LogP contribution is 2.25. The number of anilines is 2. The lowest BCUT2D eigenvalue weighted by atomic mass is 9.94. The second-order valence-electron chi connectivity index (χ2n) is 4.36. The highest BCUT2D eigenvalue weighted by atomic mass is 15.3. The minimum Gasteiger partial charge on any atom is -0.384 e. The zero-order valence-electron chi connectivity index (χ0n) is 9.89. The van der Waals surface area contributed by atoms with Crippen LogP contribution < -0.4 is 10.6 Å². The molecule has 2 N–H and O–H groups in total. The summed E-state index contributed by atoms with van der Waals surface area (Å²) in [5.74, 6) is 1.34. The molecule has 1 heterocycles. The largest absolute Gasteiger partial charge is 0.384 e. The van der Waals surface area contributed by atoms with E-state index in [9.17, 15) is 0 Å². The van der Waals surface area contributed by atoms with Gasteiger partial charge in [0, 0.05) is 18.8 Å². The highest BCUT2D eigenvalue weighted by molar-refractivity contribution is 5.38. The predicted octanol–water partition coefficient (Wildman–Crippen LogP) is 2.22. The van der Waals surface area contributed by atoms with E-state index in [4.69, 9.17) is 5.73 Å². The average Bonchev–Trinajstić information content (AvgIpc) is 2.31. The Morgan fingerprint density at radius 3 is 2.75 bits per heavy atom. The molecule has 0 bridgehead atoms. The van der Waals surface area contributed by atoms with Crippen molar-refractivity contribution in [2.75, 3.05) is 17.2 Å². The maximum atomic E-state index is 5.70. The van der Waals surface area contributed by atoms with Crippen molar-refractivity contribution in [1.82, 2.24) is 9.97 Å². The van der Waals surface area contributed by atoms with Crippen LogP contribution in [0.15, 0.2) is 12.3 Å². The molecule has 1 aromatic rings. The van der Waals surface area contributed by atoms with Crippen molar-refractivity contribution in [3.8, 4) is 0 Å². The van der Waals surface area contributed by atoms with Crippen LogP contribution in [-0.4, -0.2) is 22.6 Å². The second kappa shape index (κ2) is 5.14. The first-order valence-electron chi connectivity index (χ1n) is 6.16. The van der Waals surface area contributed by atoms with Gasteiger partial charge in [0.05, 0.1) is 0 Å². The van der Waals surface area contributed by atoms with Gasteiger partial charge in [-0.05, 0) is 25.8 Å². The van der Waals surface area contributed by atoms with Gasteiger partial charge in [0.15, 0.2) is 0 Å². The first kappa shape index (κ1) is 11.2. The summed E-state index contributed by atoms with van der Waals surface area (Å²) in [6, 6.07) is 2.33. The molecule has 0 saturated heterocycles. The van der Waals surface area contributed by atoms with Gasteiger partial charge in [-0.1, -0.05) is 19.3 Å². The standard InChI is InChI=1S/C12H20N4/c1-2-16(10-6-4-3-5-7-10)12-14-9-8-11(13)15-12/h8-10H,2-7H2,1H3,(H2,13,14,15). The van der Waals surface area contributed by atoms with Crippen LogP contribution in [0.2, 0.25) is 0 Å². The monoisotopic (exact) mass is 220 g/mol. The van der Waals surface area contributed by atoms with Crippen LogP contribution in [0.4, 0.5) is 11.8 Å². The molecule has 1 aliphatic carbocycles. The summed E-state index contributed by atoms with van der Waals surface area (Å²) in [4.78, 5) is 10.9. The Bertz CT molecular complexity index is 334. The maximum absolute atomic E-state index is 5.70. The molecule has 16 heavy (non-hydrogen) atoms. The number of hydrogen-bond donors (Lipinski definition) is 1. The predicted molar refractivity (Wildman–Crippen MR) is 66.3 cm³/mol. The van der Waals surface area contributed by atoms with E-state index in [0.717, 1.165) is 12.5 Å². The fourth-order valence-electron chi connectivity index (χ4n) is 2.46. The molecule has 0 amide bonds. The van der Waals surface area contributed by atoms with Crippen LogP contribution in [0.25, 0.3) is 0 Å². The van der Waals surface area contributed by atoms with Crippen molar-refractivity contribution in [3.05, 3.63) is 12.3 Å². The quantitative estimate of drug-likeness (QED) is 0.848. The van der Waals surface area contributed by atoms with Gasteiger partial charge in [-0.2, -0.15) is 4.98 Å². The smallest absolute Gasteiger partial charge is 0.227 e. The Morgan fingerprint density at radius 1 is 1.38 bits per heavy atom. The minimum atomic E-state index is 0.555. The Balaban J connectivity index is 2.14.